The van der Waals surface area contributed by atoms with Crippen molar-refractivity contribution < 1.29 is 14.6 Å². The second kappa shape index (κ2) is 8.12. The molecule has 0 saturated heterocycles. The zero-order chi connectivity index (χ0) is 15.1. The highest BCUT2D eigenvalue weighted by Gasteiger charge is 2.18. The lowest BCUT2D eigenvalue weighted by Gasteiger charge is -2.17. The van der Waals surface area contributed by atoms with Gasteiger partial charge in [0, 0.05) is 6.04 Å². The molecular formula is C15H22ClNO3. The molecule has 4 nitrogen and oxygen atoms in total. The highest BCUT2D eigenvalue weighted by atomic mass is 35.5. The van der Waals surface area contributed by atoms with E-state index < -0.39 is 12.1 Å². The highest BCUT2D eigenvalue weighted by molar-refractivity contribution is 6.32. The molecule has 0 aliphatic heterocycles. The summed E-state index contributed by atoms with van der Waals surface area (Å²) in [6.07, 6.45) is 0.590. The van der Waals surface area contributed by atoms with Crippen molar-refractivity contribution >= 4 is 17.6 Å². The molecule has 20 heavy (non-hydrogen) atoms. The molecule has 1 aromatic carbocycles. The first-order valence-electron chi connectivity index (χ1n) is 6.91. The minimum Gasteiger partial charge on any atom is -0.479 e. The maximum atomic E-state index is 11.0. The normalized spacial score (nSPS) is 13.8. The Balaban J connectivity index is 2.79. The third kappa shape index (κ3) is 4.69. The maximum absolute atomic E-state index is 11.0. The molecule has 0 radical (unpaired) electrons. The van der Waals surface area contributed by atoms with Crippen molar-refractivity contribution in [3.63, 3.8) is 0 Å². The van der Waals surface area contributed by atoms with Gasteiger partial charge in [-0.15, -0.1) is 0 Å². The first kappa shape index (κ1) is 16.8. The number of aliphatic carboxylic acids is 1. The van der Waals surface area contributed by atoms with Crippen molar-refractivity contribution in [3.8, 4) is 5.75 Å². The van der Waals surface area contributed by atoms with Crippen molar-refractivity contribution in [2.75, 3.05) is 6.54 Å². The van der Waals surface area contributed by atoms with Gasteiger partial charge in [-0.3, -0.25) is 0 Å². The second-order valence-electron chi connectivity index (χ2n) is 4.72. The van der Waals surface area contributed by atoms with Crippen LogP contribution >= 0.6 is 11.6 Å². The summed E-state index contributed by atoms with van der Waals surface area (Å²) in [4.78, 5) is 11.0. The molecule has 0 saturated carbocycles. The van der Waals surface area contributed by atoms with Crippen LogP contribution in [0.15, 0.2) is 18.2 Å². The van der Waals surface area contributed by atoms with E-state index >= 15 is 0 Å². The number of hydrogen-bond acceptors (Lipinski definition) is 3. The number of carbonyl (C=O) groups is 1. The number of carboxylic acid groups (broad SMARTS) is 1. The van der Waals surface area contributed by atoms with E-state index in [0.717, 1.165) is 18.5 Å². The van der Waals surface area contributed by atoms with Gasteiger partial charge in [-0.1, -0.05) is 31.5 Å². The van der Waals surface area contributed by atoms with Gasteiger partial charge in [0.05, 0.1) is 5.02 Å². The lowest BCUT2D eigenvalue weighted by molar-refractivity contribution is -0.145. The fourth-order valence-electron chi connectivity index (χ4n) is 1.82. The lowest BCUT2D eigenvalue weighted by Crippen LogP contribution is -2.26. The Morgan fingerprint density at radius 2 is 2.15 bits per heavy atom. The molecular weight excluding hydrogens is 278 g/mol. The van der Waals surface area contributed by atoms with Gasteiger partial charge >= 0.3 is 5.97 Å². The summed E-state index contributed by atoms with van der Waals surface area (Å²) in [5, 5.41) is 12.8. The average Bonchev–Trinajstić information content (AvgIpc) is 2.42. The van der Waals surface area contributed by atoms with Gasteiger partial charge in [-0.05, 0) is 44.0 Å². The Hall–Kier alpha value is -1.26. The molecule has 0 aromatic heterocycles. The molecule has 2 atom stereocenters. The van der Waals surface area contributed by atoms with Gasteiger partial charge in [0.15, 0.2) is 6.10 Å². The van der Waals surface area contributed by atoms with Crippen LogP contribution in [-0.4, -0.2) is 23.7 Å². The topological polar surface area (TPSA) is 58.6 Å². The van der Waals surface area contributed by atoms with Crippen LogP contribution in [0.4, 0.5) is 0 Å². The van der Waals surface area contributed by atoms with Gasteiger partial charge in [-0.2, -0.15) is 0 Å². The van der Waals surface area contributed by atoms with Crippen molar-refractivity contribution in [3.05, 3.63) is 28.8 Å². The minimum atomic E-state index is -0.981. The summed E-state index contributed by atoms with van der Waals surface area (Å²) < 4.78 is 5.42. The molecule has 2 unspecified atom stereocenters. The van der Waals surface area contributed by atoms with Crippen molar-refractivity contribution in [1.29, 1.82) is 0 Å². The Bertz CT molecular complexity index is 451. The summed E-state index contributed by atoms with van der Waals surface area (Å²) in [6.45, 7) is 6.88. The number of carboxylic acids is 1. The van der Waals surface area contributed by atoms with Crippen LogP contribution in [0.2, 0.25) is 5.02 Å². The van der Waals surface area contributed by atoms with E-state index in [1.165, 1.54) is 0 Å². The fraction of sp³-hybridized carbons (Fsp3) is 0.533. The summed E-state index contributed by atoms with van der Waals surface area (Å²) in [5.41, 5.74) is 1.05. The molecule has 0 bridgehead atoms. The number of hydrogen-bond donors (Lipinski definition) is 2. The molecule has 0 aliphatic carbocycles. The average molecular weight is 300 g/mol. The first-order valence-corrected chi connectivity index (χ1v) is 7.29. The Kier molecular flexibility index (Phi) is 6.82. The highest BCUT2D eigenvalue weighted by Crippen LogP contribution is 2.29. The molecule has 0 aliphatic rings. The monoisotopic (exact) mass is 299 g/mol. The maximum Gasteiger partial charge on any atom is 0.344 e. The number of ether oxygens (including phenoxy) is 1. The Morgan fingerprint density at radius 1 is 1.45 bits per heavy atom. The predicted octanol–water partition coefficient (Wildman–Crippen LogP) is 3.64. The Labute approximate surface area is 125 Å². The van der Waals surface area contributed by atoms with Gasteiger partial charge < -0.3 is 15.2 Å². The van der Waals surface area contributed by atoms with Crippen LogP contribution in [0.1, 0.15) is 45.2 Å². The molecule has 5 heteroatoms. The molecule has 1 aromatic rings. The van der Waals surface area contributed by atoms with Crippen LogP contribution in [0.3, 0.4) is 0 Å². The van der Waals surface area contributed by atoms with Gasteiger partial charge in [0.1, 0.15) is 5.75 Å². The number of benzene rings is 1. The van der Waals surface area contributed by atoms with E-state index in [4.69, 9.17) is 21.4 Å². The first-order chi connectivity index (χ1) is 9.49. The standard InChI is InChI=1S/C15H22ClNO3/c1-4-8-17-10(3)11-6-7-14(12(16)9-11)20-13(5-2)15(18)19/h6-7,9-10,13,17H,4-5,8H2,1-3H3,(H,18,19). The summed E-state index contributed by atoms with van der Waals surface area (Å²) >= 11 is 6.17. The van der Waals surface area contributed by atoms with Crippen LogP contribution in [-0.2, 0) is 4.79 Å². The number of rotatable bonds is 8. The molecule has 0 amide bonds. The van der Waals surface area contributed by atoms with Crippen molar-refractivity contribution in [2.24, 2.45) is 0 Å². The molecule has 1 rings (SSSR count). The van der Waals surface area contributed by atoms with E-state index in [2.05, 4.69) is 19.2 Å². The molecule has 0 heterocycles. The summed E-state index contributed by atoms with van der Waals surface area (Å²) in [5.74, 6) is -0.571. The van der Waals surface area contributed by atoms with Crippen LogP contribution in [0.25, 0.3) is 0 Å². The second-order valence-corrected chi connectivity index (χ2v) is 5.13. The zero-order valence-electron chi connectivity index (χ0n) is 12.1. The predicted molar refractivity (Wildman–Crippen MR) is 80.5 cm³/mol. The number of nitrogens with one attached hydrogen (secondary N) is 1. The van der Waals surface area contributed by atoms with Crippen molar-refractivity contribution in [1.82, 2.24) is 5.32 Å². The van der Waals surface area contributed by atoms with E-state index in [1.807, 2.05) is 12.1 Å². The molecule has 112 valence electrons. The SMILES string of the molecule is CCCNC(C)c1ccc(OC(CC)C(=O)O)c(Cl)c1. The van der Waals surface area contributed by atoms with Crippen molar-refractivity contribution in [2.45, 2.75) is 45.8 Å². The van der Waals surface area contributed by atoms with E-state index in [0.29, 0.717) is 17.2 Å². The number of halogens is 1. The zero-order valence-corrected chi connectivity index (χ0v) is 12.9. The largest absolute Gasteiger partial charge is 0.479 e. The van der Waals surface area contributed by atoms with E-state index in [-0.39, 0.29) is 6.04 Å². The lowest BCUT2D eigenvalue weighted by atomic mass is 10.1. The van der Waals surface area contributed by atoms with Gasteiger partial charge in [0.25, 0.3) is 0 Å². The third-order valence-corrected chi connectivity index (χ3v) is 3.37. The smallest absolute Gasteiger partial charge is 0.344 e. The van der Waals surface area contributed by atoms with E-state index in [1.54, 1.807) is 13.0 Å². The molecule has 0 fully saturated rings. The quantitative estimate of drug-likeness (QED) is 0.769. The third-order valence-electron chi connectivity index (χ3n) is 3.07. The van der Waals surface area contributed by atoms with Crippen LogP contribution < -0.4 is 10.1 Å². The van der Waals surface area contributed by atoms with Gasteiger partial charge in [-0.25, -0.2) is 4.79 Å². The van der Waals surface area contributed by atoms with Crippen LogP contribution in [0, 0.1) is 0 Å². The summed E-state index contributed by atoms with van der Waals surface area (Å²) in [6, 6.07) is 5.65. The van der Waals surface area contributed by atoms with Gasteiger partial charge in [0.2, 0.25) is 0 Å². The molecule has 0 spiro atoms. The molecule has 2 N–H and O–H groups in total. The van der Waals surface area contributed by atoms with Crippen LogP contribution in [0.5, 0.6) is 5.75 Å². The summed E-state index contributed by atoms with van der Waals surface area (Å²) in [7, 11) is 0. The minimum absolute atomic E-state index is 0.197. The Morgan fingerprint density at radius 3 is 2.65 bits per heavy atom. The fourth-order valence-corrected chi connectivity index (χ4v) is 2.06. The van der Waals surface area contributed by atoms with E-state index in [9.17, 15) is 4.79 Å².